The van der Waals surface area contributed by atoms with E-state index >= 15 is 0 Å². The molecule has 2 N–H and O–H groups in total. The Labute approximate surface area is 128 Å². The van der Waals surface area contributed by atoms with E-state index in [1.165, 1.54) is 0 Å². The van der Waals surface area contributed by atoms with Gasteiger partial charge in [0.05, 0.1) is 11.8 Å². The summed E-state index contributed by atoms with van der Waals surface area (Å²) >= 11 is 0. The van der Waals surface area contributed by atoms with E-state index in [1.807, 2.05) is 0 Å². The van der Waals surface area contributed by atoms with Crippen LogP contribution in [0.2, 0.25) is 0 Å². The minimum Gasteiger partial charge on any atom is -0.393 e. The highest BCUT2D eigenvalue weighted by Crippen LogP contribution is 2.27. The van der Waals surface area contributed by atoms with E-state index in [2.05, 4.69) is 51.0 Å². The molecule has 0 bridgehead atoms. The van der Waals surface area contributed by atoms with Gasteiger partial charge in [-0.05, 0) is 25.2 Å². The standard InChI is InChI=1S/C17H29N3O/c1-11(2)16-19-14(17(3,4)5)9-15(20-16)18-10-12-6-7-13(21)8-12/h9,11-13,21H,6-8,10H2,1-5H3,(H,18,19,20). The second-order valence-electron chi connectivity index (χ2n) is 7.62. The molecule has 1 fully saturated rings. The summed E-state index contributed by atoms with van der Waals surface area (Å²) in [6.07, 6.45) is 2.82. The SMILES string of the molecule is CC(C)c1nc(NCC2CCC(O)C2)cc(C(C)(C)C)n1. The molecule has 0 saturated heterocycles. The molecule has 118 valence electrons. The van der Waals surface area contributed by atoms with Gasteiger partial charge in [-0.15, -0.1) is 0 Å². The largest absolute Gasteiger partial charge is 0.393 e. The number of rotatable bonds is 4. The van der Waals surface area contributed by atoms with Gasteiger partial charge in [0, 0.05) is 23.9 Å². The highest BCUT2D eigenvalue weighted by molar-refractivity contribution is 5.38. The Bertz CT molecular complexity index is 479. The molecule has 4 heteroatoms. The summed E-state index contributed by atoms with van der Waals surface area (Å²) in [5, 5.41) is 13.1. The number of nitrogens with zero attached hydrogens (tertiary/aromatic N) is 2. The quantitative estimate of drug-likeness (QED) is 0.892. The van der Waals surface area contributed by atoms with Crippen molar-refractivity contribution in [3.8, 4) is 0 Å². The summed E-state index contributed by atoms with van der Waals surface area (Å²) < 4.78 is 0. The van der Waals surface area contributed by atoms with Crippen LogP contribution in [0.4, 0.5) is 5.82 Å². The van der Waals surface area contributed by atoms with Crippen molar-refractivity contribution in [2.24, 2.45) is 5.92 Å². The lowest BCUT2D eigenvalue weighted by Crippen LogP contribution is -2.19. The van der Waals surface area contributed by atoms with Gasteiger partial charge in [-0.1, -0.05) is 34.6 Å². The summed E-state index contributed by atoms with van der Waals surface area (Å²) in [4.78, 5) is 9.35. The summed E-state index contributed by atoms with van der Waals surface area (Å²) in [5.41, 5.74) is 1.10. The minimum absolute atomic E-state index is 0.0204. The van der Waals surface area contributed by atoms with Gasteiger partial charge in [0.15, 0.2) is 0 Å². The molecule has 0 radical (unpaired) electrons. The lowest BCUT2D eigenvalue weighted by atomic mass is 9.91. The predicted molar refractivity (Wildman–Crippen MR) is 86.7 cm³/mol. The molecule has 2 atom stereocenters. The number of aliphatic hydroxyl groups is 1. The number of nitrogens with one attached hydrogen (secondary N) is 1. The maximum absolute atomic E-state index is 9.61. The third-order valence-corrected chi connectivity index (χ3v) is 4.11. The normalized spacial score (nSPS) is 22.8. The van der Waals surface area contributed by atoms with Gasteiger partial charge in [-0.2, -0.15) is 0 Å². The molecule has 1 aromatic rings. The van der Waals surface area contributed by atoms with Crippen LogP contribution >= 0.6 is 0 Å². The molecule has 1 aliphatic rings. The molecule has 21 heavy (non-hydrogen) atoms. The molecular weight excluding hydrogens is 262 g/mol. The fourth-order valence-electron chi connectivity index (χ4n) is 2.68. The van der Waals surface area contributed by atoms with Gasteiger partial charge in [0.25, 0.3) is 0 Å². The van der Waals surface area contributed by atoms with Crippen LogP contribution in [0.25, 0.3) is 0 Å². The van der Waals surface area contributed by atoms with Crippen molar-refractivity contribution in [3.63, 3.8) is 0 Å². The van der Waals surface area contributed by atoms with E-state index in [0.29, 0.717) is 11.8 Å². The minimum atomic E-state index is -0.112. The second-order valence-corrected chi connectivity index (χ2v) is 7.62. The highest BCUT2D eigenvalue weighted by atomic mass is 16.3. The number of aromatic nitrogens is 2. The van der Waals surface area contributed by atoms with Gasteiger partial charge in [-0.25, -0.2) is 9.97 Å². The van der Waals surface area contributed by atoms with Crippen molar-refractivity contribution in [2.45, 2.75) is 71.3 Å². The van der Waals surface area contributed by atoms with Crippen LogP contribution in [0.1, 0.15) is 71.3 Å². The van der Waals surface area contributed by atoms with Crippen molar-refractivity contribution >= 4 is 5.82 Å². The molecular formula is C17H29N3O. The summed E-state index contributed by atoms with van der Waals surface area (Å²) in [6, 6.07) is 2.07. The smallest absolute Gasteiger partial charge is 0.133 e. The fourth-order valence-corrected chi connectivity index (χ4v) is 2.68. The molecule has 1 aliphatic carbocycles. The molecule has 2 unspecified atom stereocenters. The van der Waals surface area contributed by atoms with Gasteiger partial charge < -0.3 is 10.4 Å². The average molecular weight is 291 g/mol. The molecule has 0 aromatic carbocycles. The van der Waals surface area contributed by atoms with Crippen molar-refractivity contribution in [1.29, 1.82) is 0 Å². The molecule has 0 spiro atoms. The van der Waals surface area contributed by atoms with Crippen molar-refractivity contribution < 1.29 is 5.11 Å². The maximum Gasteiger partial charge on any atom is 0.133 e. The lowest BCUT2D eigenvalue weighted by molar-refractivity contribution is 0.178. The first-order valence-electron chi connectivity index (χ1n) is 8.07. The van der Waals surface area contributed by atoms with Crippen LogP contribution in [0.3, 0.4) is 0 Å². The van der Waals surface area contributed by atoms with Crippen LogP contribution in [0.5, 0.6) is 0 Å². The van der Waals surface area contributed by atoms with Crippen LogP contribution in [0.15, 0.2) is 6.07 Å². The molecule has 2 rings (SSSR count). The van der Waals surface area contributed by atoms with Crippen molar-refractivity contribution in [3.05, 3.63) is 17.6 Å². The Kier molecular flexibility index (Phi) is 4.87. The van der Waals surface area contributed by atoms with Gasteiger partial charge in [0.1, 0.15) is 11.6 Å². The molecule has 0 amide bonds. The zero-order chi connectivity index (χ0) is 15.6. The first-order valence-corrected chi connectivity index (χ1v) is 8.07. The number of anilines is 1. The van der Waals surface area contributed by atoms with E-state index in [0.717, 1.165) is 43.1 Å². The maximum atomic E-state index is 9.61. The fraction of sp³-hybridized carbons (Fsp3) is 0.765. The molecule has 0 aliphatic heterocycles. The van der Waals surface area contributed by atoms with Crippen LogP contribution in [0, 0.1) is 5.92 Å². The zero-order valence-electron chi connectivity index (χ0n) is 14.0. The van der Waals surface area contributed by atoms with Gasteiger partial charge in [0.2, 0.25) is 0 Å². The third-order valence-electron chi connectivity index (χ3n) is 4.11. The summed E-state index contributed by atoms with van der Waals surface area (Å²) in [5.74, 6) is 2.69. The number of aliphatic hydroxyl groups excluding tert-OH is 1. The average Bonchev–Trinajstić information content (AvgIpc) is 2.81. The van der Waals surface area contributed by atoms with E-state index in [4.69, 9.17) is 4.98 Å². The lowest BCUT2D eigenvalue weighted by Gasteiger charge is -2.21. The number of hydrogen-bond donors (Lipinski definition) is 2. The van der Waals surface area contributed by atoms with Gasteiger partial charge >= 0.3 is 0 Å². The summed E-state index contributed by atoms with van der Waals surface area (Å²) in [7, 11) is 0. The number of hydrogen-bond acceptors (Lipinski definition) is 4. The third kappa shape index (κ3) is 4.40. The first kappa shape index (κ1) is 16.2. The van der Waals surface area contributed by atoms with Crippen LogP contribution < -0.4 is 5.32 Å². The molecule has 1 saturated carbocycles. The molecule has 1 heterocycles. The Morgan fingerprint density at radius 3 is 2.52 bits per heavy atom. The monoisotopic (exact) mass is 291 g/mol. The van der Waals surface area contributed by atoms with E-state index < -0.39 is 0 Å². The predicted octanol–water partition coefficient (Wildman–Crippen LogP) is 3.47. The van der Waals surface area contributed by atoms with E-state index in [1.54, 1.807) is 0 Å². The van der Waals surface area contributed by atoms with Crippen molar-refractivity contribution in [1.82, 2.24) is 9.97 Å². The van der Waals surface area contributed by atoms with Gasteiger partial charge in [-0.3, -0.25) is 0 Å². The second kappa shape index (κ2) is 6.30. The van der Waals surface area contributed by atoms with Crippen LogP contribution in [-0.2, 0) is 5.41 Å². The van der Waals surface area contributed by atoms with E-state index in [9.17, 15) is 5.11 Å². The highest BCUT2D eigenvalue weighted by Gasteiger charge is 2.23. The topological polar surface area (TPSA) is 58.0 Å². The Hall–Kier alpha value is -1.16. The Morgan fingerprint density at radius 2 is 2.00 bits per heavy atom. The summed E-state index contributed by atoms with van der Waals surface area (Å²) in [6.45, 7) is 11.7. The molecule has 1 aromatic heterocycles. The van der Waals surface area contributed by atoms with Crippen LogP contribution in [-0.4, -0.2) is 27.7 Å². The first-order chi connectivity index (χ1) is 9.75. The van der Waals surface area contributed by atoms with Crippen molar-refractivity contribution in [2.75, 3.05) is 11.9 Å². The zero-order valence-corrected chi connectivity index (χ0v) is 14.0. The molecule has 4 nitrogen and oxygen atoms in total. The Morgan fingerprint density at radius 1 is 1.29 bits per heavy atom. The van der Waals surface area contributed by atoms with E-state index in [-0.39, 0.29) is 11.5 Å². The Balaban J connectivity index is 2.12.